The Morgan fingerprint density at radius 2 is 2.00 bits per heavy atom. The van der Waals surface area contributed by atoms with Crippen LogP contribution in [-0.2, 0) is 9.59 Å². The maximum Gasteiger partial charge on any atom is 0.227 e. The molecule has 1 heterocycles. The minimum absolute atomic E-state index is 0.0581. The van der Waals surface area contributed by atoms with Gasteiger partial charge in [0.2, 0.25) is 11.8 Å². The molecule has 2 rings (SSSR count). The lowest BCUT2D eigenvalue weighted by atomic mass is 9.94. The molecule has 1 aromatic rings. The topological polar surface area (TPSA) is 84.7 Å². The SMILES string of the molecule is CCOc1ccccc1N1CC(C(=O)NCC(N)(CC)CC)CC1=O. The molecule has 138 valence electrons. The van der Waals surface area contributed by atoms with Crippen LogP contribution in [0, 0.1) is 5.92 Å². The van der Waals surface area contributed by atoms with Gasteiger partial charge in [-0.05, 0) is 31.9 Å². The number of amides is 2. The maximum atomic E-state index is 12.5. The van der Waals surface area contributed by atoms with Gasteiger partial charge in [-0.25, -0.2) is 0 Å². The van der Waals surface area contributed by atoms with Crippen molar-refractivity contribution in [3.05, 3.63) is 24.3 Å². The van der Waals surface area contributed by atoms with Gasteiger partial charge in [-0.15, -0.1) is 0 Å². The molecular formula is C19H29N3O3. The summed E-state index contributed by atoms with van der Waals surface area (Å²) in [5.41, 5.74) is 6.57. The summed E-state index contributed by atoms with van der Waals surface area (Å²) in [7, 11) is 0. The van der Waals surface area contributed by atoms with Gasteiger partial charge in [0, 0.05) is 25.0 Å². The van der Waals surface area contributed by atoms with Crippen molar-refractivity contribution in [2.24, 2.45) is 11.7 Å². The average Bonchev–Trinajstić information content (AvgIpc) is 3.02. The van der Waals surface area contributed by atoms with E-state index in [4.69, 9.17) is 10.5 Å². The Morgan fingerprint density at radius 3 is 2.64 bits per heavy atom. The standard InChI is InChI=1S/C19H29N3O3/c1-4-19(20,5-2)13-21-18(24)14-11-17(23)22(12-14)15-9-7-8-10-16(15)25-6-3/h7-10,14H,4-6,11-13,20H2,1-3H3,(H,21,24). The van der Waals surface area contributed by atoms with Crippen LogP contribution in [0.15, 0.2) is 24.3 Å². The molecule has 1 fully saturated rings. The number of para-hydroxylation sites is 2. The zero-order valence-electron chi connectivity index (χ0n) is 15.4. The normalized spacial score (nSPS) is 17.7. The highest BCUT2D eigenvalue weighted by molar-refractivity contribution is 6.01. The van der Waals surface area contributed by atoms with Crippen LogP contribution in [0.3, 0.4) is 0 Å². The van der Waals surface area contributed by atoms with E-state index in [2.05, 4.69) is 5.32 Å². The fraction of sp³-hybridized carbons (Fsp3) is 0.579. The van der Waals surface area contributed by atoms with Crippen LogP contribution in [0.1, 0.15) is 40.0 Å². The Labute approximate surface area is 149 Å². The number of hydrogen-bond donors (Lipinski definition) is 2. The molecular weight excluding hydrogens is 318 g/mol. The molecule has 0 spiro atoms. The Balaban J connectivity index is 2.04. The fourth-order valence-corrected chi connectivity index (χ4v) is 2.98. The first-order valence-electron chi connectivity index (χ1n) is 9.02. The summed E-state index contributed by atoms with van der Waals surface area (Å²) in [6.45, 7) is 7.25. The van der Waals surface area contributed by atoms with Crippen molar-refractivity contribution in [2.75, 3.05) is 24.6 Å². The predicted molar refractivity (Wildman–Crippen MR) is 98.6 cm³/mol. The van der Waals surface area contributed by atoms with Crippen LogP contribution in [0.25, 0.3) is 0 Å². The van der Waals surface area contributed by atoms with Gasteiger partial charge < -0.3 is 20.7 Å². The maximum absolute atomic E-state index is 12.5. The lowest BCUT2D eigenvalue weighted by Gasteiger charge is -2.27. The molecule has 0 bridgehead atoms. The molecule has 6 nitrogen and oxygen atoms in total. The molecule has 0 radical (unpaired) electrons. The molecule has 1 unspecified atom stereocenters. The summed E-state index contributed by atoms with van der Waals surface area (Å²) in [6, 6.07) is 7.42. The lowest BCUT2D eigenvalue weighted by Crippen LogP contribution is -2.50. The van der Waals surface area contributed by atoms with Crippen LogP contribution in [0.4, 0.5) is 5.69 Å². The van der Waals surface area contributed by atoms with Crippen LogP contribution >= 0.6 is 0 Å². The Hall–Kier alpha value is -2.08. The van der Waals surface area contributed by atoms with Gasteiger partial charge in [-0.1, -0.05) is 26.0 Å². The van der Waals surface area contributed by atoms with Crippen LogP contribution in [0.5, 0.6) is 5.75 Å². The van der Waals surface area contributed by atoms with Gasteiger partial charge >= 0.3 is 0 Å². The molecule has 1 saturated heterocycles. The fourth-order valence-electron chi connectivity index (χ4n) is 2.98. The molecule has 2 amide bonds. The lowest BCUT2D eigenvalue weighted by molar-refractivity contribution is -0.126. The van der Waals surface area contributed by atoms with E-state index < -0.39 is 0 Å². The van der Waals surface area contributed by atoms with E-state index >= 15 is 0 Å². The van der Waals surface area contributed by atoms with E-state index in [0.717, 1.165) is 18.5 Å². The number of benzene rings is 1. The predicted octanol–water partition coefficient (Wildman–Crippen LogP) is 2.07. The van der Waals surface area contributed by atoms with Crippen molar-refractivity contribution in [2.45, 2.75) is 45.6 Å². The number of hydrogen-bond acceptors (Lipinski definition) is 4. The first kappa shape index (κ1) is 19.2. The smallest absolute Gasteiger partial charge is 0.227 e. The van der Waals surface area contributed by atoms with E-state index in [0.29, 0.717) is 25.4 Å². The summed E-state index contributed by atoms with van der Waals surface area (Å²) < 4.78 is 5.60. The van der Waals surface area contributed by atoms with Crippen molar-refractivity contribution >= 4 is 17.5 Å². The second-order valence-electron chi connectivity index (χ2n) is 6.59. The average molecular weight is 347 g/mol. The number of rotatable bonds is 8. The monoisotopic (exact) mass is 347 g/mol. The molecule has 1 aliphatic rings. The number of carbonyl (C=O) groups excluding carboxylic acids is 2. The molecule has 6 heteroatoms. The summed E-state index contributed by atoms with van der Waals surface area (Å²) in [6.07, 6.45) is 1.80. The third-order valence-corrected chi connectivity index (χ3v) is 4.97. The molecule has 0 saturated carbocycles. The van der Waals surface area contributed by atoms with Gasteiger partial charge in [0.15, 0.2) is 0 Å². The largest absolute Gasteiger partial charge is 0.492 e. The molecule has 0 aromatic heterocycles. The number of anilines is 1. The minimum atomic E-state index is -0.389. The van der Waals surface area contributed by atoms with Crippen molar-refractivity contribution in [1.29, 1.82) is 0 Å². The molecule has 3 N–H and O–H groups in total. The second-order valence-corrected chi connectivity index (χ2v) is 6.59. The first-order chi connectivity index (χ1) is 11.9. The highest BCUT2D eigenvalue weighted by Gasteiger charge is 2.36. The number of nitrogens with one attached hydrogen (secondary N) is 1. The quantitative estimate of drug-likeness (QED) is 0.754. The van der Waals surface area contributed by atoms with Gasteiger partial charge in [0.1, 0.15) is 5.75 Å². The molecule has 0 aliphatic carbocycles. The van der Waals surface area contributed by atoms with Crippen LogP contribution in [-0.4, -0.2) is 37.0 Å². The van der Waals surface area contributed by atoms with E-state index in [1.165, 1.54) is 0 Å². The summed E-state index contributed by atoms with van der Waals surface area (Å²) in [5, 5.41) is 2.93. The Bertz CT molecular complexity index is 614. The minimum Gasteiger partial charge on any atom is -0.492 e. The number of nitrogens with zero attached hydrogens (tertiary/aromatic N) is 1. The molecule has 1 aliphatic heterocycles. The van der Waals surface area contributed by atoms with Crippen molar-refractivity contribution < 1.29 is 14.3 Å². The molecule has 1 atom stereocenters. The van der Waals surface area contributed by atoms with Crippen molar-refractivity contribution in [3.63, 3.8) is 0 Å². The Kier molecular flexibility index (Phi) is 6.42. The Morgan fingerprint density at radius 1 is 1.32 bits per heavy atom. The van der Waals surface area contributed by atoms with Crippen LogP contribution < -0.4 is 20.7 Å². The number of nitrogens with two attached hydrogens (primary N) is 1. The number of carbonyl (C=O) groups is 2. The van der Waals surface area contributed by atoms with Crippen LogP contribution in [0.2, 0.25) is 0 Å². The van der Waals surface area contributed by atoms with E-state index in [1.54, 1.807) is 4.90 Å². The van der Waals surface area contributed by atoms with Gasteiger partial charge in [-0.2, -0.15) is 0 Å². The summed E-state index contributed by atoms with van der Waals surface area (Å²) in [4.78, 5) is 26.5. The zero-order chi connectivity index (χ0) is 18.4. The second kappa shape index (κ2) is 8.34. The molecule has 1 aromatic carbocycles. The summed E-state index contributed by atoms with van der Waals surface area (Å²) >= 11 is 0. The molecule has 25 heavy (non-hydrogen) atoms. The number of ether oxygens (including phenoxy) is 1. The first-order valence-corrected chi connectivity index (χ1v) is 9.02. The third kappa shape index (κ3) is 4.51. The third-order valence-electron chi connectivity index (χ3n) is 4.97. The zero-order valence-corrected chi connectivity index (χ0v) is 15.4. The highest BCUT2D eigenvalue weighted by atomic mass is 16.5. The van der Waals surface area contributed by atoms with Crippen molar-refractivity contribution in [3.8, 4) is 5.75 Å². The van der Waals surface area contributed by atoms with Gasteiger partial charge in [0.05, 0.1) is 18.2 Å². The highest BCUT2D eigenvalue weighted by Crippen LogP contribution is 2.33. The van der Waals surface area contributed by atoms with Gasteiger partial charge in [-0.3, -0.25) is 9.59 Å². The van der Waals surface area contributed by atoms with E-state index in [9.17, 15) is 9.59 Å². The summed E-state index contributed by atoms with van der Waals surface area (Å²) in [5.74, 6) is 0.135. The van der Waals surface area contributed by atoms with E-state index in [-0.39, 0.29) is 29.7 Å². The van der Waals surface area contributed by atoms with Crippen molar-refractivity contribution in [1.82, 2.24) is 5.32 Å². The van der Waals surface area contributed by atoms with E-state index in [1.807, 2.05) is 45.0 Å². The van der Waals surface area contributed by atoms with Gasteiger partial charge in [0.25, 0.3) is 0 Å².